The van der Waals surface area contributed by atoms with E-state index in [-0.39, 0.29) is 0 Å². The quantitative estimate of drug-likeness (QED) is 0.204. The van der Waals surface area contributed by atoms with Crippen LogP contribution in [0.5, 0.6) is 0 Å². The van der Waals surface area contributed by atoms with Gasteiger partial charge in [0, 0.05) is 62.9 Å². The minimum Gasteiger partial charge on any atom is -0.438 e. The van der Waals surface area contributed by atoms with Gasteiger partial charge >= 0.3 is 0 Å². The van der Waals surface area contributed by atoms with Gasteiger partial charge in [-0.2, -0.15) is 0 Å². The lowest BCUT2D eigenvalue weighted by Crippen LogP contribution is -2.09. The Bertz CT molecular complexity index is 2440. The van der Waals surface area contributed by atoms with E-state index in [0.717, 1.165) is 72.0 Å². The van der Waals surface area contributed by atoms with Gasteiger partial charge in [0.1, 0.15) is 5.58 Å². The maximum Gasteiger partial charge on any atom is 0.227 e. The average molecular weight is 579 g/mol. The minimum atomic E-state index is 0.666. The van der Waals surface area contributed by atoms with Crippen molar-refractivity contribution in [1.82, 2.24) is 14.5 Å². The van der Waals surface area contributed by atoms with Crippen LogP contribution < -0.4 is 4.90 Å². The molecular formula is C40H26N4O. The first-order valence-corrected chi connectivity index (χ1v) is 15.0. The summed E-state index contributed by atoms with van der Waals surface area (Å²) in [5.74, 6) is 0. The third-order valence-electron chi connectivity index (χ3n) is 8.55. The zero-order chi connectivity index (χ0) is 29.7. The van der Waals surface area contributed by atoms with Crippen LogP contribution in [0.4, 0.5) is 17.1 Å². The molecule has 9 rings (SSSR count). The number of rotatable bonds is 5. The Morgan fingerprint density at radius 2 is 1.24 bits per heavy atom. The normalized spacial score (nSPS) is 11.6. The molecule has 0 bridgehead atoms. The summed E-state index contributed by atoms with van der Waals surface area (Å²) < 4.78 is 8.37. The Morgan fingerprint density at radius 3 is 2.02 bits per heavy atom. The van der Waals surface area contributed by atoms with Crippen LogP contribution in [-0.2, 0) is 0 Å². The smallest absolute Gasteiger partial charge is 0.227 e. The lowest BCUT2D eigenvalue weighted by molar-refractivity contribution is 0.654. The summed E-state index contributed by atoms with van der Waals surface area (Å²) in [7, 11) is 0. The van der Waals surface area contributed by atoms with Crippen LogP contribution in [-0.4, -0.2) is 14.5 Å². The van der Waals surface area contributed by atoms with Crippen LogP contribution in [0.2, 0.25) is 0 Å². The number of fused-ring (bicyclic) bond motifs is 6. The molecule has 4 aromatic heterocycles. The van der Waals surface area contributed by atoms with Crippen molar-refractivity contribution >= 4 is 60.9 Å². The monoisotopic (exact) mass is 578 g/mol. The number of benzene rings is 5. The van der Waals surface area contributed by atoms with Crippen LogP contribution in [0, 0.1) is 0 Å². The van der Waals surface area contributed by atoms with Gasteiger partial charge in [0.2, 0.25) is 5.71 Å². The van der Waals surface area contributed by atoms with E-state index in [0.29, 0.717) is 5.71 Å². The van der Waals surface area contributed by atoms with Crippen molar-refractivity contribution in [2.75, 3.05) is 4.90 Å². The summed E-state index contributed by atoms with van der Waals surface area (Å²) in [6.07, 6.45) is 5.60. The molecule has 5 nitrogen and oxygen atoms in total. The highest BCUT2D eigenvalue weighted by molar-refractivity contribution is 6.10. The summed E-state index contributed by atoms with van der Waals surface area (Å²) in [5, 5.41) is 4.38. The average Bonchev–Trinajstić information content (AvgIpc) is 3.64. The van der Waals surface area contributed by atoms with Crippen LogP contribution in [0.1, 0.15) is 0 Å². The molecular weight excluding hydrogens is 552 g/mol. The summed E-state index contributed by atoms with van der Waals surface area (Å²) >= 11 is 0. The Morgan fingerprint density at radius 1 is 0.511 bits per heavy atom. The largest absolute Gasteiger partial charge is 0.438 e. The number of para-hydroxylation sites is 2. The Kier molecular flexibility index (Phi) is 5.74. The molecule has 0 saturated heterocycles. The van der Waals surface area contributed by atoms with E-state index in [9.17, 15) is 0 Å². The van der Waals surface area contributed by atoms with Gasteiger partial charge in [-0.15, -0.1) is 0 Å². The van der Waals surface area contributed by atoms with Gasteiger partial charge in [0.05, 0.1) is 11.0 Å². The molecule has 4 heterocycles. The molecule has 0 spiro atoms. The highest BCUT2D eigenvalue weighted by atomic mass is 16.3. The van der Waals surface area contributed by atoms with Gasteiger partial charge in [-0.05, 0) is 96.1 Å². The molecule has 0 aliphatic carbocycles. The van der Waals surface area contributed by atoms with Gasteiger partial charge < -0.3 is 13.9 Å². The molecule has 45 heavy (non-hydrogen) atoms. The fourth-order valence-corrected chi connectivity index (χ4v) is 6.47. The van der Waals surface area contributed by atoms with Gasteiger partial charge in [-0.3, -0.25) is 4.98 Å². The van der Waals surface area contributed by atoms with E-state index in [1.807, 2.05) is 24.5 Å². The fraction of sp³-hybridized carbons (Fsp3) is 0. The van der Waals surface area contributed by atoms with Gasteiger partial charge in [0.15, 0.2) is 0 Å². The number of furan rings is 1. The van der Waals surface area contributed by atoms with Crippen LogP contribution in [0.15, 0.2) is 163 Å². The van der Waals surface area contributed by atoms with Crippen molar-refractivity contribution in [3.63, 3.8) is 0 Å². The summed E-state index contributed by atoms with van der Waals surface area (Å²) in [6.45, 7) is 0. The zero-order valence-electron chi connectivity index (χ0n) is 24.2. The first-order chi connectivity index (χ1) is 22.3. The first-order valence-electron chi connectivity index (χ1n) is 15.0. The van der Waals surface area contributed by atoms with Crippen molar-refractivity contribution in [3.05, 3.63) is 158 Å². The second-order valence-electron chi connectivity index (χ2n) is 11.2. The van der Waals surface area contributed by atoms with Crippen LogP contribution in [0.3, 0.4) is 0 Å². The molecule has 0 fully saturated rings. The number of pyridine rings is 2. The van der Waals surface area contributed by atoms with Crippen molar-refractivity contribution in [3.8, 4) is 16.8 Å². The number of hydrogen-bond acceptors (Lipinski definition) is 4. The van der Waals surface area contributed by atoms with Crippen LogP contribution >= 0.6 is 0 Å². The molecule has 0 amide bonds. The number of hydrogen-bond donors (Lipinski definition) is 0. The van der Waals surface area contributed by atoms with Gasteiger partial charge in [-0.25, -0.2) is 4.98 Å². The highest BCUT2D eigenvalue weighted by Crippen LogP contribution is 2.39. The molecule has 5 heteroatoms. The van der Waals surface area contributed by atoms with Crippen molar-refractivity contribution in [2.45, 2.75) is 0 Å². The lowest BCUT2D eigenvalue weighted by atomic mass is 10.0. The first kappa shape index (κ1) is 25.3. The molecule has 0 aliphatic rings. The SMILES string of the molecule is c1ccc(N(c2ccccc2)c2ccc3c(c2)c2cnccc2n3-c2ccc(-c3ccc4c(c3)oc3ncccc34)cc2)cc1. The van der Waals surface area contributed by atoms with E-state index in [1.165, 1.54) is 0 Å². The van der Waals surface area contributed by atoms with Gasteiger partial charge in [0.25, 0.3) is 0 Å². The van der Waals surface area contributed by atoms with Crippen molar-refractivity contribution in [2.24, 2.45) is 0 Å². The van der Waals surface area contributed by atoms with Crippen molar-refractivity contribution in [1.29, 1.82) is 0 Å². The van der Waals surface area contributed by atoms with Gasteiger partial charge in [-0.1, -0.05) is 54.6 Å². The fourth-order valence-electron chi connectivity index (χ4n) is 6.47. The number of nitrogens with zero attached hydrogens (tertiary/aromatic N) is 4. The summed E-state index contributed by atoms with van der Waals surface area (Å²) in [5.41, 5.74) is 10.4. The summed E-state index contributed by atoms with van der Waals surface area (Å²) in [6, 6.07) is 48.9. The summed E-state index contributed by atoms with van der Waals surface area (Å²) in [4.78, 5) is 11.2. The molecule has 0 unspecified atom stereocenters. The molecule has 0 N–H and O–H groups in total. The Hall–Kier alpha value is -6.20. The molecule has 0 aliphatic heterocycles. The van der Waals surface area contributed by atoms with E-state index in [1.54, 1.807) is 6.20 Å². The maximum atomic E-state index is 6.05. The Labute approximate surface area is 259 Å². The number of aromatic nitrogens is 3. The second kappa shape index (κ2) is 10.2. The standard InChI is InChI=1S/C40H26N4O/c1-3-8-29(9-4-1)43(30-10-5-2-6-11-30)32-18-20-37-35(25-32)36-26-41-23-21-38(36)44(37)31-16-13-27(14-17-31)28-15-19-33-34-12-7-22-42-40(34)45-39(33)24-28/h1-26H. The van der Waals surface area contributed by atoms with E-state index < -0.39 is 0 Å². The van der Waals surface area contributed by atoms with Crippen molar-refractivity contribution < 1.29 is 4.42 Å². The Balaban J connectivity index is 1.15. The molecule has 0 atom stereocenters. The molecule has 5 aromatic carbocycles. The van der Waals surface area contributed by atoms with Crippen LogP contribution in [0.25, 0.3) is 60.7 Å². The molecule has 212 valence electrons. The van der Waals surface area contributed by atoms with E-state index in [2.05, 4.69) is 147 Å². The third-order valence-corrected chi connectivity index (χ3v) is 8.55. The predicted molar refractivity (Wildman–Crippen MR) is 184 cm³/mol. The second-order valence-corrected chi connectivity index (χ2v) is 11.2. The highest BCUT2D eigenvalue weighted by Gasteiger charge is 2.17. The number of anilines is 3. The van der Waals surface area contributed by atoms with E-state index >= 15 is 0 Å². The lowest BCUT2D eigenvalue weighted by Gasteiger charge is -2.25. The molecule has 9 aromatic rings. The predicted octanol–water partition coefficient (Wildman–Crippen LogP) is 10.6. The minimum absolute atomic E-state index is 0.666. The third kappa shape index (κ3) is 4.17. The molecule has 0 radical (unpaired) electrons. The molecule has 0 saturated carbocycles. The zero-order valence-corrected chi connectivity index (χ0v) is 24.2. The topological polar surface area (TPSA) is 47.1 Å². The van der Waals surface area contributed by atoms with E-state index in [4.69, 9.17) is 4.42 Å². The maximum absolute atomic E-state index is 6.05.